The van der Waals surface area contributed by atoms with Crippen LogP contribution in [0.1, 0.15) is 29.7 Å². The van der Waals surface area contributed by atoms with Crippen molar-refractivity contribution < 1.29 is 4.39 Å². The summed E-state index contributed by atoms with van der Waals surface area (Å²) < 4.78 is 14.6. The number of benzene rings is 2. The molecule has 0 aliphatic carbocycles. The third-order valence-electron chi connectivity index (χ3n) is 3.12. The smallest absolute Gasteiger partial charge is 0.126 e. The lowest BCUT2D eigenvalue weighted by molar-refractivity contribution is 0.614. The van der Waals surface area contributed by atoms with Gasteiger partial charge >= 0.3 is 0 Å². The van der Waals surface area contributed by atoms with Gasteiger partial charge < -0.3 is 5.32 Å². The average Bonchev–Trinajstić information content (AvgIpc) is 2.31. The van der Waals surface area contributed by atoms with E-state index in [-0.39, 0.29) is 11.9 Å². The van der Waals surface area contributed by atoms with Crippen molar-refractivity contribution >= 4 is 21.6 Å². The number of hydrogen-bond donors (Lipinski definition) is 1. The number of halogens is 2. The molecule has 0 saturated carbocycles. The van der Waals surface area contributed by atoms with Gasteiger partial charge in [-0.3, -0.25) is 0 Å². The fraction of sp³-hybridized carbons (Fsp3) is 0.250. The zero-order valence-corrected chi connectivity index (χ0v) is 12.9. The average molecular weight is 322 g/mol. The number of nitrogens with one attached hydrogen (secondary N) is 1. The molecule has 1 atom stereocenters. The van der Waals surface area contributed by atoms with Gasteiger partial charge in [0, 0.05) is 16.2 Å². The Bertz CT molecular complexity index is 575. The van der Waals surface area contributed by atoms with Crippen molar-refractivity contribution in [2.75, 3.05) is 5.32 Å². The van der Waals surface area contributed by atoms with Crippen molar-refractivity contribution in [2.45, 2.75) is 26.8 Å². The van der Waals surface area contributed by atoms with Gasteiger partial charge in [-0.25, -0.2) is 4.39 Å². The molecule has 0 fully saturated rings. The highest BCUT2D eigenvalue weighted by atomic mass is 79.9. The van der Waals surface area contributed by atoms with Crippen molar-refractivity contribution in [3.05, 3.63) is 63.4 Å². The van der Waals surface area contributed by atoms with Gasteiger partial charge in [-0.05, 0) is 61.7 Å². The fourth-order valence-electron chi connectivity index (χ4n) is 2.03. The molecule has 2 aromatic carbocycles. The quantitative estimate of drug-likeness (QED) is 0.800. The number of aryl methyl sites for hydroxylation is 2. The van der Waals surface area contributed by atoms with E-state index in [0.717, 1.165) is 15.7 Å². The van der Waals surface area contributed by atoms with Crippen LogP contribution >= 0.6 is 15.9 Å². The largest absolute Gasteiger partial charge is 0.378 e. The second-order valence-electron chi connectivity index (χ2n) is 4.89. The Labute approximate surface area is 122 Å². The molecule has 19 heavy (non-hydrogen) atoms. The predicted octanol–water partition coefficient (Wildman–Crippen LogP) is 5.38. The van der Waals surface area contributed by atoms with E-state index in [1.54, 1.807) is 13.0 Å². The Morgan fingerprint density at radius 3 is 2.47 bits per heavy atom. The van der Waals surface area contributed by atoms with E-state index < -0.39 is 0 Å². The summed E-state index contributed by atoms with van der Waals surface area (Å²) in [6, 6.07) is 11.6. The maximum Gasteiger partial charge on any atom is 0.126 e. The second kappa shape index (κ2) is 5.74. The molecule has 100 valence electrons. The summed E-state index contributed by atoms with van der Waals surface area (Å²) in [5.74, 6) is -0.156. The van der Waals surface area contributed by atoms with Gasteiger partial charge in [0.25, 0.3) is 0 Å². The van der Waals surface area contributed by atoms with Gasteiger partial charge in [0.2, 0.25) is 0 Å². The highest BCUT2D eigenvalue weighted by Crippen LogP contribution is 2.24. The highest BCUT2D eigenvalue weighted by molar-refractivity contribution is 9.10. The van der Waals surface area contributed by atoms with Gasteiger partial charge in [0.05, 0.1) is 0 Å². The van der Waals surface area contributed by atoms with Crippen molar-refractivity contribution in [2.24, 2.45) is 0 Å². The minimum Gasteiger partial charge on any atom is -0.378 e. The molecule has 0 aromatic heterocycles. The van der Waals surface area contributed by atoms with Crippen molar-refractivity contribution in [3.63, 3.8) is 0 Å². The minimum atomic E-state index is -0.156. The Kier molecular flexibility index (Phi) is 4.25. The Balaban J connectivity index is 2.20. The summed E-state index contributed by atoms with van der Waals surface area (Å²) >= 11 is 3.48. The molecule has 1 N–H and O–H groups in total. The Hall–Kier alpha value is -1.35. The van der Waals surface area contributed by atoms with Crippen molar-refractivity contribution in [1.29, 1.82) is 0 Å². The van der Waals surface area contributed by atoms with E-state index in [2.05, 4.69) is 33.4 Å². The first-order chi connectivity index (χ1) is 8.95. The van der Waals surface area contributed by atoms with Gasteiger partial charge in [0.1, 0.15) is 5.82 Å². The van der Waals surface area contributed by atoms with E-state index >= 15 is 0 Å². The van der Waals surface area contributed by atoms with Crippen LogP contribution in [0.15, 0.2) is 40.9 Å². The Morgan fingerprint density at radius 1 is 1.11 bits per heavy atom. The van der Waals surface area contributed by atoms with Gasteiger partial charge in [0.15, 0.2) is 0 Å². The zero-order chi connectivity index (χ0) is 14.0. The number of anilines is 1. The van der Waals surface area contributed by atoms with Crippen LogP contribution in [0.25, 0.3) is 0 Å². The third kappa shape index (κ3) is 3.57. The summed E-state index contributed by atoms with van der Waals surface area (Å²) in [6.45, 7) is 5.85. The predicted molar refractivity (Wildman–Crippen MR) is 82.1 cm³/mol. The second-order valence-corrected chi connectivity index (χ2v) is 5.81. The molecule has 0 saturated heterocycles. The monoisotopic (exact) mass is 321 g/mol. The van der Waals surface area contributed by atoms with Crippen LogP contribution in [0, 0.1) is 19.7 Å². The molecular weight excluding hydrogens is 305 g/mol. The molecule has 0 aliphatic heterocycles. The molecule has 1 unspecified atom stereocenters. The first-order valence-corrected chi connectivity index (χ1v) is 7.05. The van der Waals surface area contributed by atoms with E-state index in [1.165, 1.54) is 5.56 Å². The molecule has 3 heteroatoms. The summed E-state index contributed by atoms with van der Waals surface area (Å²) in [5, 5.41) is 3.39. The van der Waals surface area contributed by atoms with Crippen molar-refractivity contribution in [1.82, 2.24) is 0 Å². The maximum atomic E-state index is 13.6. The highest BCUT2D eigenvalue weighted by Gasteiger charge is 2.08. The van der Waals surface area contributed by atoms with Crippen LogP contribution in [0.3, 0.4) is 0 Å². The lowest BCUT2D eigenvalue weighted by Crippen LogP contribution is -2.07. The molecule has 1 nitrogen and oxygen atoms in total. The summed E-state index contributed by atoms with van der Waals surface area (Å²) in [4.78, 5) is 0. The van der Waals surface area contributed by atoms with Crippen molar-refractivity contribution in [3.8, 4) is 0 Å². The molecule has 0 radical (unpaired) electrons. The molecule has 0 aliphatic rings. The molecule has 2 aromatic rings. The molecule has 0 spiro atoms. The molecule has 0 heterocycles. The minimum absolute atomic E-state index is 0.0591. The maximum absolute atomic E-state index is 13.6. The van der Waals surface area contributed by atoms with E-state index in [9.17, 15) is 4.39 Å². The first kappa shape index (κ1) is 14.1. The molecule has 0 amide bonds. The standard InChI is InChI=1S/C16H17BrFN/c1-10-6-14(17)9-15(7-10)19-12(3)13-5-4-11(2)16(18)8-13/h4-9,12,19H,1-3H3. The fourth-order valence-corrected chi connectivity index (χ4v) is 2.64. The lowest BCUT2D eigenvalue weighted by Gasteiger charge is -2.17. The SMILES string of the molecule is Cc1cc(Br)cc(NC(C)c2ccc(C)c(F)c2)c1. The lowest BCUT2D eigenvalue weighted by atomic mass is 10.1. The first-order valence-electron chi connectivity index (χ1n) is 6.25. The summed E-state index contributed by atoms with van der Waals surface area (Å²) in [7, 11) is 0. The number of rotatable bonds is 3. The van der Waals surface area contributed by atoms with E-state index in [0.29, 0.717) is 5.56 Å². The van der Waals surface area contributed by atoms with Crippen LogP contribution in [0.5, 0.6) is 0 Å². The normalized spacial score (nSPS) is 12.3. The molecular formula is C16H17BrFN. The van der Waals surface area contributed by atoms with Gasteiger partial charge in [-0.1, -0.05) is 28.1 Å². The van der Waals surface area contributed by atoms with E-state index in [4.69, 9.17) is 0 Å². The number of hydrogen-bond acceptors (Lipinski definition) is 1. The molecule has 2 rings (SSSR count). The van der Waals surface area contributed by atoms with Crippen LogP contribution < -0.4 is 5.32 Å². The van der Waals surface area contributed by atoms with Crippen LogP contribution in [-0.4, -0.2) is 0 Å². The zero-order valence-electron chi connectivity index (χ0n) is 11.3. The van der Waals surface area contributed by atoms with Crippen LogP contribution in [0.4, 0.5) is 10.1 Å². The van der Waals surface area contributed by atoms with Gasteiger partial charge in [-0.15, -0.1) is 0 Å². The van der Waals surface area contributed by atoms with Crippen LogP contribution in [-0.2, 0) is 0 Å². The summed E-state index contributed by atoms with van der Waals surface area (Å²) in [6.07, 6.45) is 0. The van der Waals surface area contributed by atoms with Crippen LogP contribution in [0.2, 0.25) is 0 Å². The van der Waals surface area contributed by atoms with E-state index in [1.807, 2.05) is 32.0 Å². The summed E-state index contributed by atoms with van der Waals surface area (Å²) in [5.41, 5.74) is 3.83. The third-order valence-corrected chi connectivity index (χ3v) is 3.58. The molecule has 0 bridgehead atoms. The Morgan fingerprint density at radius 2 is 1.84 bits per heavy atom. The van der Waals surface area contributed by atoms with Gasteiger partial charge in [-0.2, -0.15) is 0 Å². The topological polar surface area (TPSA) is 12.0 Å².